The highest BCUT2D eigenvalue weighted by Gasteiger charge is 2.10. The Balaban J connectivity index is 2.17. The van der Waals surface area contributed by atoms with Gasteiger partial charge in [0.2, 0.25) is 0 Å². The molecule has 0 atom stereocenters. The Kier molecular flexibility index (Phi) is 2.91. The smallest absolute Gasteiger partial charge is 0.141 e. The van der Waals surface area contributed by atoms with Crippen LogP contribution in [0.1, 0.15) is 6.92 Å². The van der Waals surface area contributed by atoms with Crippen LogP contribution in [0.2, 0.25) is 0 Å². The number of benzene rings is 1. The van der Waals surface area contributed by atoms with E-state index >= 15 is 0 Å². The molecule has 0 aliphatic rings. The average molecular weight is 252 g/mol. The van der Waals surface area contributed by atoms with E-state index in [2.05, 4.69) is 51.0 Å². The Morgan fingerprint density at radius 1 is 1.16 bits per heavy atom. The van der Waals surface area contributed by atoms with Crippen LogP contribution >= 0.6 is 0 Å². The Labute approximate surface area is 112 Å². The van der Waals surface area contributed by atoms with Gasteiger partial charge in [-0.3, -0.25) is 4.98 Å². The van der Waals surface area contributed by atoms with E-state index in [9.17, 15) is 0 Å². The lowest BCUT2D eigenvalue weighted by molar-refractivity contribution is 0.796. The molecule has 3 rings (SSSR count). The fraction of sp³-hybridized carbons (Fsp3) is 0.200. The summed E-state index contributed by atoms with van der Waals surface area (Å²) in [5.41, 5.74) is 4.30. The van der Waals surface area contributed by atoms with Gasteiger partial charge < -0.3 is 9.88 Å². The second-order valence-corrected chi connectivity index (χ2v) is 4.37. The molecular formula is C15H16N4. The Morgan fingerprint density at radius 3 is 2.63 bits per heavy atom. The van der Waals surface area contributed by atoms with Crippen molar-refractivity contribution < 1.29 is 0 Å². The summed E-state index contributed by atoms with van der Waals surface area (Å²) in [5, 5.41) is 3.12. The number of aryl methyl sites for hydroxylation is 1. The Hall–Kier alpha value is -2.36. The second-order valence-electron chi connectivity index (χ2n) is 4.37. The van der Waals surface area contributed by atoms with E-state index in [-0.39, 0.29) is 0 Å². The van der Waals surface area contributed by atoms with Crippen molar-refractivity contribution >= 4 is 16.7 Å². The van der Waals surface area contributed by atoms with Crippen LogP contribution in [0, 0.1) is 0 Å². The number of imidazole rings is 1. The summed E-state index contributed by atoms with van der Waals surface area (Å²) in [6.07, 6.45) is 3.62. The molecule has 0 spiro atoms. The molecule has 96 valence electrons. The third kappa shape index (κ3) is 1.95. The van der Waals surface area contributed by atoms with E-state index in [0.29, 0.717) is 0 Å². The summed E-state index contributed by atoms with van der Waals surface area (Å²) in [5.74, 6) is 0.994. The summed E-state index contributed by atoms with van der Waals surface area (Å²) in [6.45, 7) is 3.02. The van der Waals surface area contributed by atoms with Gasteiger partial charge in [0.25, 0.3) is 0 Å². The van der Waals surface area contributed by atoms with Crippen molar-refractivity contribution in [3.63, 3.8) is 0 Å². The minimum atomic E-state index is 0.892. The predicted octanol–water partition coefficient (Wildman–Crippen LogP) is 3.16. The maximum atomic E-state index is 4.69. The first-order valence-electron chi connectivity index (χ1n) is 6.42. The molecule has 3 aromatic rings. The van der Waals surface area contributed by atoms with Crippen LogP contribution in [0.15, 0.2) is 42.7 Å². The number of aromatic nitrogens is 3. The first-order valence-corrected chi connectivity index (χ1v) is 6.42. The molecular weight excluding hydrogens is 236 g/mol. The molecule has 0 aliphatic heterocycles. The molecule has 0 radical (unpaired) electrons. The summed E-state index contributed by atoms with van der Waals surface area (Å²) in [7, 11) is 1.92. The topological polar surface area (TPSA) is 42.7 Å². The molecule has 0 bridgehead atoms. The molecule has 0 saturated heterocycles. The van der Waals surface area contributed by atoms with E-state index in [1.807, 2.05) is 25.5 Å². The predicted molar refractivity (Wildman–Crippen MR) is 78.2 cm³/mol. The molecule has 2 heterocycles. The lowest BCUT2D eigenvalue weighted by Crippen LogP contribution is -1.97. The number of hydrogen-bond acceptors (Lipinski definition) is 3. The maximum Gasteiger partial charge on any atom is 0.141 e. The van der Waals surface area contributed by atoms with Crippen LogP contribution in [0.4, 0.5) is 5.69 Å². The van der Waals surface area contributed by atoms with Crippen LogP contribution in [0.5, 0.6) is 0 Å². The Bertz CT molecular complexity index is 698. The zero-order valence-electron chi connectivity index (χ0n) is 11.1. The summed E-state index contributed by atoms with van der Waals surface area (Å²) in [6, 6.07) is 10.3. The molecule has 4 heteroatoms. The molecule has 0 aliphatic carbocycles. The van der Waals surface area contributed by atoms with Crippen molar-refractivity contribution in [2.45, 2.75) is 13.5 Å². The van der Waals surface area contributed by atoms with Crippen LogP contribution in [0.25, 0.3) is 22.4 Å². The summed E-state index contributed by atoms with van der Waals surface area (Å²) >= 11 is 0. The second kappa shape index (κ2) is 4.72. The van der Waals surface area contributed by atoms with Crippen molar-refractivity contribution in [2.75, 3.05) is 12.4 Å². The van der Waals surface area contributed by atoms with Crippen molar-refractivity contribution in [3.8, 4) is 11.4 Å². The highest BCUT2D eigenvalue weighted by molar-refractivity contribution is 5.80. The van der Waals surface area contributed by atoms with Crippen LogP contribution in [-0.2, 0) is 6.54 Å². The number of anilines is 1. The van der Waals surface area contributed by atoms with Gasteiger partial charge in [-0.15, -0.1) is 0 Å². The molecule has 1 aromatic carbocycles. The van der Waals surface area contributed by atoms with Crippen LogP contribution in [0.3, 0.4) is 0 Å². The van der Waals surface area contributed by atoms with E-state index in [0.717, 1.165) is 34.7 Å². The highest BCUT2D eigenvalue weighted by Crippen LogP contribution is 2.25. The largest absolute Gasteiger partial charge is 0.388 e. The van der Waals surface area contributed by atoms with E-state index in [4.69, 9.17) is 0 Å². The molecule has 0 saturated carbocycles. The van der Waals surface area contributed by atoms with Gasteiger partial charge in [-0.25, -0.2) is 4.98 Å². The van der Waals surface area contributed by atoms with Crippen molar-refractivity contribution in [1.82, 2.24) is 14.5 Å². The zero-order valence-corrected chi connectivity index (χ0v) is 11.1. The SMILES string of the molecule is CCn1c(-c2ccc(NC)cc2)nc2cnccc21. The fourth-order valence-corrected chi connectivity index (χ4v) is 2.31. The minimum absolute atomic E-state index is 0.892. The lowest BCUT2D eigenvalue weighted by Gasteiger charge is -2.07. The van der Waals surface area contributed by atoms with Crippen LogP contribution < -0.4 is 5.32 Å². The fourth-order valence-electron chi connectivity index (χ4n) is 2.31. The molecule has 0 fully saturated rings. The van der Waals surface area contributed by atoms with Gasteiger partial charge in [0.15, 0.2) is 0 Å². The van der Waals surface area contributed by atoms with Gasteiger partial charge in [0, 0.05) is 31.0 Å². The zero-order chi connectivity index (χ0) is 13.2. The number of pyridine rings is 1. The van der Waals surface area contributed by atoms with Crippen molar-refractivity contribution in [2.24, 2.45) is 0 Å². The van der Waals surface area contributed by atoms with Crippen molar-refractivity contribution in [1.29, 1.82) is 0 Å². The van der Waals surface area contributed by atoms with Gasteiger partial charge in [0.1, 0.15) is 11.3 Å². The van der Waals surface area contributed by atoms with Gasteiger partial charge in [-0.1, -0.05) is 0 Å². The number of nitrogens with zero attached hydrogens (tertiary/aromatic N) is 3. The molecule has 1 N–H and O–H groups in total. The molecule has 19 heavy (non-hydrogen) atoms. The van der Waals surface area contributed by atoms with Crippen LogP contribution in [-0.4, -0.2) is 21.6 Å². The summed E-state index contributed by atoms with van der Waals surface area (Å²) < 4.78 is 2.21. The van der Waals surface area contributed by atoms with E-state index < -0.39 is 0 Å². The molecule has 2 aromatic heterocycles. The van der Waals surface area contributed by atoms with Gasteiger partial charge in [0.05, 0.1) is 11.7 Å². The first kappa shape index (κ1) is 11.7. The van der Waals surface area contributed by atoms with E-state index in [1.54, 1.807) is 0 Å². The lowest BCUT2D eigenvalue weighted by atomic mass is 10.2. The van der Waals surface area contributed by atoms with Gasteiger partial charge in [-0.05, 0) is 37.3 Å². The third-order valence-corrected chi connectivity index (χ3v) is 3.30. The highest BCUT2D eigenvalue weighted by atomic mass is 15.1. The normalized spacial score (nSPS) is 10.8. The minimum Gasteiger partial charge on any atom is -0.388 e. The number of rotatable bonds is 3. The molecule has 4 nitrogen and oxygen atoms in total. The third-order valence-electron chi connectivity index (χ3n) is 3.30. The van der Waals surface area contributed by atoms with E-state index in [1.165, 1.54) is 0 Å². The number of fused-ring (bicyclic) bond motifs is 1. The standard InChI is InChI=1S/C15H16N4/c1-3-19-14-8-9-17-10-13(14)18-15(19)11-4-6-12(16-2)7-5-11/h4-10,16H,3H2,1-2H3. The number of hydrogen-bond donors (Lipinski definition) is 1. The average Bonchev–Trinajstić information content (AvgIpc) is 2.85. The van der Waals surface area contributed by atoms with Gasteiger partial charge >= 0.3 is 0 Å². The molecule has 0 unspecified atom stereocenters. The number of nitrogens with one attached hydrogen (secondary N) is 1. The van der Waals surface area contributed by atoms with Crippen molar-refractivity contribution in [3.05, 3.63) is 42.7 Å². The summed E-state index contributed by atoms with van der Waals surface area (Å²) in [4.78, 5) is 8.83. The molecule has 0 amide bonds. The maximum absolute atomic E-state index is 4.69. The first-order chi connectivity index (χ1) is 9.33. The monoisotopic (exact) mass is 252 g/mol. The quantitative estimate of drug-likeness (QED) is 0.778. The Morgan fingerprint density at radius 2 is 1.95 bits per heavy atom. The van der Waals surface area contributed by atoms with Gasteiger partial charge in [-0.2, -0.15) is 0 Å².